The van der Waals surface area contributed by atoms with Crippen molar-refractivity contribution in [2.75, 3.05) is 11.1 Å². The fourth-order valence-electron chi connectivity index (χ4n) is 1.99. The van der Waals surface area contributed by atoms with Crippen molar-refractivity contribution in [1.29, 1.82) is 0 Å². The Morgan fingerprint density at radius 2 is 2.14 bits per heavy atom. The van der Waals surface area contributed by atoms with Crippen LogP contribution >= 0.6 is 11.3 Å². The SMILES string of the molecule is Cc1ccc(NC(=O)c2sc3ccc(F)cc3c2N)cn1. The van der Waals surface area contributed by atoms with Crippen LogP contribution in [-0.2, 0) is 0 Å². The summed E-state index contributed by atoms with van der Waals surface area (Å²) in [5.74, 6) is -0.693. The number of amides is 1. The van der Waals surface area contributed by atoms with Crippen molar-refractivity contribution in [3.63, 3.8) is 0 Å². The first-order valence-corrected chi connectivity index (χ1v) is 7.08. The summed E-state index contributed by atoms with van der Waals surface area (Å²) in [7, 11) is 0. The van der Waals surface area contributed by atoms with Gasteiger partial charge in [0.05, 0.1) is 17.6 Å². The molecule has 3 N–H and O–H groups in total. The number of aryl methyl sites for hydroxylation is 1. The molecule has 0 aliphatic rings. The standard InChI is InChI=1S/C15H12FN3OS/c1-8-2-4-10(7-18-8)19-15(20)14-13(17)11-6-9(16)3-5-12(11)21-14/h2-7H,17H2,1H3,(H,19,20). The lowest BCUT2D eigenvalue weighted by atomic mass is 10.2. The molecule has 0 saturated carbocycles. The third kappa shape index (κ3) is 2.57. The number of carbonyl (C=O) groups is 1. The van der Waals surface area contributed by atoms with Gasteiger partial charge in [-0.15, -0.1) is 11.3 Å². The summed E-state index contributed by atoms with van der Waals surface area (Å²) in [4.78, 5) is 16.8. The van der Waals surface area contributed by atoms with E-state index in [1.54, 1.807) is 24.4 Å². The lowest BCUT2D eigenvalue weighted by molar-refractivity contribution is 0.103. The van der Waals surface area contributed by atoms with Crippen molar-refractivity contribution in [1.82, 2.24) is 4.98 Å². The number of nitrogen functional groups attached to an aromatic ring is 1. The van der Waals surface area contributed by atoms with Crippen LogP contribution in [0.3, 0.4) is 0 Å². The van der Waals surface area contributed by atoms with Crippen molar-refractivity contribution >= 4 is 38.7 Å². The number of nitrogens with two attached hydrogens (primary N) is 1. The number of anilines is 2. The molecule has 21 heavy (non-hydrogen) atoms. The van der Waals surface area contributed by atoms with Gasteiger partial charge in [-0.3, -0.25) is 9.78 Å². The highest BCUT2D eigenvalue weighted by Crippen LogP contribution is 2.34. The summed E-state index contributed by atoms with van der Waals surface area (Å²) >= 11 is 1.24. The van der Waals surface area contributed by atoms with E-state index in [2.05, 4.69) is 10.3 Å². The summed E-state index contributed by atoms with van der Waals surface area (Å²) in [5.41, 5.74) is 7.71. The Kier molecular flexibility index (Phi) is 3.31. The zero-order valence-electron chi connectivity index (χ0n) is 11.2. The van der Waals surface area contributed by atoms with Crippen LogP contribution in [0.5, 0.6) is 0 Å². The quantitative estimate of drug-likeness (QED) is 0.760. The molecule has 0 aliphatic heterocycles. The summed E-state index contributed by atoms with van der Waals surface area (Å²) in [6.45, 7) is 1.87. The van der Waals surface area contributed by atoms with Gasteiger partial charge < -0.3 is 11.1 Å². The largest absolute Gasteiger partial charge is 0.397 e. The zero-order valence-corrected chi connectivity index (χ0v) is 12.0. The first kappa shape index (κ1) is 13.5. The number of aromatic nitrogens is 1. The summed E-state index contributed by atoms with van der Waals surface area (Å²) in [6, 6.07) is 7.88. The Balaban J connectivity index is 1.94. The van der Waals surface area contributed by atoms with Crippen LogP contribution < -0.4 is 11.1 Å². The lowest BCUT2D eigenvalue weighted by Crippen LogP contribution is -2.12. The molecule has 0 radical (unpaired) electrons. The van der Waals surface area contributed by atoms with E-state index >= 15 is 0 Å². The van der Waals surface area contributed by atoms with Gasteiger partial charge in [-0.1, -0.05) is 0 Å². The molecule has 0 aliphatic carbocycles. The number of nitrogens with zero attached hydrogens (tertiary/aromatic N) is 1. The molecule has 2 heterocycles. The third-order valence-corrected chi connectivity index (χ3v) is 4.25. The molecule has 0 fully saturated rings. The van der Waals surface area contributed by atoms with Gasteiger partial charge >= 0.3 is 0 Å². The molecule has 2 aromatic heterocycles. The second kappa shape index (κ2) is 5.14. The van der Waals surface area contributed by atoms with E-state index in [0.29, 0.717) is 21.6 Å². The van der Waals surface area contributed by atoms with Crippen LogP contribution in [-0.4, -0.2) is 10.9 Å². The monoisotopic (exact) mass is 301 g/mol. The second-order valence-corrected chi connectivity index (χ2v) is 5.68. The summed E-state index contributed by atoms with van der Waals surface area (Å²) in [6.07, 6.45) is 1.58. The van der Waals surface area contributed by atoms with Gasteiger partial charge in [-0.05, 0) is 37.3 Å². The number of hydrogen-bond acceptors (Lipinski definition) is 4. The second-order valence-electron chi connectivity index (χ2n) is 4.63. The first-order chi connectivity index (χ1) is 10.0. The van der Waals surface area contributed by atoms with Crippen molar-refractivity contribution < 1.29 is 9.18 Å². The number of benzene rings is 1. The molecule has 3 rings (SSSR count). The van der Waals surface area contributed by atoms with Gasteiger partial charge in [0.2, 0.25) is 0 Å². The number of nitrogens with one attached hydrogen (secondary N) is 1. The molecule has 3 aromatic rings. The molecule has 6 heteroatoms. The number of carbonyl (C=O) groups excluding carboxylic acids is 1. The first-order valence-electron chi connectivity index (χ1n) is 6.26. The van der Waals surface area contributed by atoms with E-state index < -0.39 is 0 Å². The highest BCUT2D eigenvalue weighted by atomic mass is 32.1. The number of halogens is 1. The summed E-state index contributed by atoms with van der Waals surface area (Å²) < 4.78 is 14.0. The maximum absolute atomic E-state index is 13.3. The molecule has 4 nitrogen and oxygen atoms in total. The van der Waals surface area contributed by atoms with E-state index in [-0.39, 0.29) is 11.7 Å². The average molecular weight is 301 g/mol. The maximum Gasteiger partial charge on any atom is 0.267 e. The van der Waals surface area contributed by atoms with Crippen molar-refractivity contribution in [2.45, 2.75) is 6.92 Å². The molecular weight excluding hydrogens is 289 g/mol. The van der Waals surface area contributed by atoms with E-state index in [0.717, 1.165) is 10.4 Å². The van der Waals surface area contributed by atoms with Crippen LogP contribution in [0.15, 0.2) is 36.5 Å². The van der Waals surface area contributed by atoms with E-state index in [9.17, 15) is 9.18 Å². The normalized spacial score (nSPS) is 10.8. The minimum absolute atomic E-state index is 0.298. The lowest BCUT2D eigenvalue weighted by Gasteiger charge is -2.04. The Hall–Kier alpha value is -2.47. The maximum atomic E-state index is 13.3. The van der Waals surface area contributed by atoms with Gasteiger partial charge in [-0.25, -0.2) is 4.39 Å². The molecule has 0 spiro atoms. The Morgan fingerprint density at radius 3 is 2.86 bits per heavy atom. The molecule has 1 aromatic carbocycles. The molecule has 0 saturated heterocycles. The number of rotatable bonds is 2. The topological polar surface area (TPSA) is 68.0 Å². The Labute approximate surface area is 124 Å². The summed E-state index contributed by atoms with van der Waals surface area (Å²) in [5, 5.41) is 3.30. The molecule has 106 valence electrons. The fourth-order valence-corrected chi connectivity index (χ4v) is 2.99. The van der Waals surface area contributed by atoms with Crippen LogP contribution in [0.4, 0.5) is 15.8 Å². The Morgan fingerprint density at radius 1 is 1.33 bits per heavy atom. The van der Waals surface area contributed by atoms with Crippen LogP contribution in [0.2, 0.25) is 0 Å². The van der Waals surface area contributed by atoms with E-state index in [4.69, 9.17) is 5.73 Å². The van der Waals surface area contributed by atoms with Crippen molar-refractivity contribution in [2.24, 2.45) is 0 Å². The molecular formula is C15H12FN3OS. The van der Waals surface area contributed by atoms with Crippen LogP contribution in [0.25, 0.3) is 10.1 Å². The smallest absolute Gasteiger partial charge is 0.267 e. The van der Waals surface area contributed by atoms with Crippen LogP contribution in [0.1, 0.15) is 15.4 Å². The molecule has 1 amide bonds. The molecule has 0 unspecified atom stereocenters. The predicted molar refractivity (Wildman–Crippen MR) is 83.1 cm³/mol. The molecule has 0 bridgehead atoms. The van der Waals surface area contributed by atoms with Gasteiger partial charge in [0.1, 0.15) is 10.7 Å². The minimum atomic E-state index is -0.373. The van der Waals surface area contributed by atoms with Gasteiger partial charge in [0.25, 0.3) is 5.91 Å². The number of hydrogen-bond donors (Lipinski definition) is 2. The number of pyridine rings is 1. The van der Waals surface area contributed by atoms with E-state index in [1.165, 1.54) is 23.5 Å². The van der Waals surface area contributed by atoms with E-state index in [1.807, 2.05) is 6.92 Å². The minimum Gasteiger partial charge on any atom is -0.397 e. The van der Waals surface area contributed by atoms with Crippen molar-refractivity contribution in [3.8, 4) is 0 Å². The third-order valence-electron chi connectivity index (χ3n) is 3.06. The van der Waals surface area contributed by atoms with Crippen LogP contribution in [0, 0.1) is 12.7 Å². The fraction of sp³-hybridized carbons (Fsp3) is 0.0667. The predicted octanol–water partition coefficient (Wildman–Crippen LogP) is 3.58. The number of fused-ring (bicyclic) bond motifs is 1. The molecule has 0 atom stereocenters. The van der Waals surface area contributed by atoms with Crippen molar-refractivity contribution in [3.05, 3.63) is 52.9 Å². The number of thiophene rings is 1. The Bertz CT molecular complexity index is 827. The highest BCUT2D eigenvalue weighted by molar-refractivity contribution is 7.21. The van der Waals surface area contributed by atoms with Gasteiger partial charge in [0.15, 0.2) is 0 Å². The van der Waals surface area contributed by atoms with Gasteiger partial charge in [0, 0.05) is 15.8 Å². The van der Waals surface area contributed by atoms with Gasteiger partial charge in [-0.2, -0.15) is 0 Å². The highest BCUT2D eigenvalue weighted by Gasteiger charge is 2.17. The zero-order chi connectivity index (χ0) is 15.0. The average Bonchev–Trinajstić information content (AvgIpc) is 2.79.